The Balaban J connectivity index is 2.28. The van der Waals surface area contributed by atoms with E-state index in [0.717, 1.165) is 17.0 Å². The lowest BCUT2D eigenvalue weighted by Crippen LogP contribution is -2.16. The molecule has 1 unspecified atom stereocenters. The van der Waals surface area contributed by atoms with E-state index < -0.39 is 23.6 Å². The molecule has 1 atom stereocenters. The summed E-state index contributed by atoms with van der Waals surface area (Å²) >= 11 is 1.33. The summed E-state index contributed by atoms with van der Waals surface area (Å²) in [5.74, 6) is -0.731. The lowest BCUT2D eigenvalue weighted by atomic mass is 10.0. The Morgan fingerprint density at radius 1 is 1.32 bits per heavy atom. The lowest BCUT2D eigenvalue weighted by molar-refractivity contribution is -0.137. The summed E-state index contributed by atoms with van der Waals surface area (Å²) in [6, 6.07) is 1.44. The molecule has 2 nitrogen and oxygen atoms in total. The number of hydrogen-bond donors (Lipinski definition) is 1. The first-order chi connectivity index (χ1) is 8.88. The Labute approximate surface area is 110 Å². The van der Waals surface area contributed by atoms with Gasteiger partial charge in [0, 0.05) is 29.1 Å². The van der Waals surface area contributed by atoms with Gasteiger partial charge in [0.2, 0.25) is 0 Å². The first-order valence-corrected chi connectivity index (χ1v) is 6.25. The van der Waals surface area contributed by atoms with Crippen molar-refractivity contribution in [3.05, 3.63) is 51.7 Å². The molecule has 2 N–H and O–H groups in total. The van der Waals surface area contributed by atoms with E-state index in [1.807, 2.05) is 0 Å². The number of thiazole rings is 1. The van der Waals surface area contributed by atoms with E-state index in [-0.39, 0.29) is 12.0 Å². The maximum Gasteiger partial charge on any atom is 0.416 e. The van der Waals surface area contributed by atoms with E-state index in [9.17, 15) is 17.6 Å². The van der Waals surface area contributed by atoms with Crippen molar-refractivity contribution in [1.82, 2.24) is 4.98 Å². The number of rotatable bonds is 3. The van der Waals surface area contributed by atoms with E-state index in [1.54, 1.807) is 11.7 Å². The number of hydrogen-bond acceptors (Lipinski definition) is 3. The molecule has 0 amide bonds. The summed E-state index contributed by atoms with van der Waals surface area (Å²) in [7, 11) is 0. The minimum atomic E-state index is -4.51. The molecule has 0 aliphatic heterocycles. The minimum absolute atomic E-state index is 0.136. The van der Waals surface area contributed by atoms with Crippen LogP contribution < -0.4 is 5.73 Å². The molecule has 1 heterocycles. The van der Waals surface area contributed by atoms with E-state index in [1.165, 1.54) is 11.3 Å². The van der Waals surface area contributed by atoms with Gasteiger partial charge in [0.1, 0.15) is 5.82 Å². The van der Waals surface area contributed by atoms with E-state index in [0.29, 0.717) is 6.07 Å². The van der Waals surface area contributed by atoms with Gasteiger partial charge in [0.25, 0.3) is 0 Å². The zero-order chi connectivity index (χ0) is 14.0. The smallest absolute Gasteiger partial charge is 0.324 e. The fourth-order valence-electron chi connectivity index (χ4n) is 1.67. The van der Waals surface area contributed by atoms with Crippen LogP contribution >= 0.6 is 11.3 Å². The molecule has 0 aliphatic carbocycles. The number of nitrogens with zero attached hydrogens (tertiary/aromatic N) is 1. The molecule has 2 aromatic rings. The number of halogens is 4. The van der Waals surface area contributed by atoms with Crippen LogP contribution in [0.5, 0.6) is 0 Å². The molecule has 7 heteroatoms. The average Bonchev–Trinajstić information content (AvgIpc) is 2.80. The number of nitrogens with two attached hydrogens (primary N) is 1. The predicted molar refractivity (Wildman–Crippen MR) is 64.1 cm³/mol. The molecule has 0 spiro atoms. The van der Waals surface area contributed by atoms with Crippen molar-refractivity contribution < 1.29 is 17.6 Å². The highest BCUT2D eigenvalue weighted by Crippen LogP contribution is 2.32. The molecular formula is C12H10F4N2S. The van der Waals surface area contributed by atoms with Crippen LogP contribution in [0.2, 0.25) is 0 Å². The third-order valence-electron chi connectivity index (χ3n) is 2.63. The largest absolute Gasteiger partial charge is 0.416 e. The summed E-state index contributed by atoms with van der Waals surface area (Å²) in [4.78, 5) is 4.63. The number of benzene rings is 1. The van der Waals surface area contributed by atoms with Crippen molar-refractivity contribution in [2.45, 2.75) is 18.6 Å². The minimum Gasteiger partial charge on any atom is -0.324 e. The van der Waals surface area contributed by atoms with Gasteiger partial charge in [-0.3, -0.25) is 4.98 Å². The second-order valence-electron chi connectivity index (χ2n) is 4.01. The standard InChI is InChI=1S/C12H10F4N2S/c13-10-2-1-7(12(14,15)16)3-9(10)11(17)4-8-5-18-6-19-8/h1-3,5-6,11H,4,17H2. The Morgan fingerprint density at radius 2 is 2.05 bits per heavy atom. The fourth-order valence-corrected chi connectivity index (χ4v) is 2.33. The zero-order valence-corrected chi connectivity index (χ0v) is 10.4. The highest BCUT2D eigenvalue weighted by molar-refractivity contribution is 7.09. The van der Waals surface area contributed by atoms with Gasteiger partial charge in [-0.05, 0) is 18.2 Å². The summed E-state index contributed by atoms with van der Waals surface area (Å²) in [5.41, 5.74) is 6.32. The molecule has 0 aliphatic rings. The Kier molecular flexibility index (Phi) is 3.86. The SMILES string of the molecule is NC(Cc1cncs1)c1cc(C(F)(F)F)ccc1F. The lowest BCUT2D eigenvalue weighted by Gasteiger charge is -2.14. The maximum atomic E-state index is 13.6. The maximum absolute atomic E-state index is 13.6. The van der Waals surface area contributed by atoms with Crippen molar-refractivity contribution in [2.24, 2.45) is 5.73 Å². The summed E-state index contributed by atoms with van der Waals surface area (Å²) in [6.07, 6.45) is -2.69. The van der Waals surface area contributed by atoms with Gasteiger partial charge < -0.3 is 5.73 Å². The van der Waals surface area contributed by atoms with Gasteiger partial charge in [-0.25, -0.2) is 4.39 Å². The van der Waals surface area contributed by atoms with Gasteiger partial charge in [0.05, 0.1) is 11.1 Å². The zero-order valence-electron chi connectivity index (χ0n) is 9.62. The quantitative estimate of drug-likeness (QED) is 0.878. The third-order valence-corrected chi connectivity index (χ3v) is 3.43. The van der Waals surface area contributed by atoms with Crippen LogP contribution in [0.4, 0.5) is 17.6 Å². The average molecular weight is 290 g/mol. The molecule has 0 radical (unpaired) electrons. The molecule has 2 rings (SSSR count). The van der Waals surface area contributed by atoms with Crippen LogP contribution in [0.25, 0.3) is 0 Å². The Hall–Kier alpha value is -1.47. The molecule has 1 aromatic carbocycles. The predicted octanol–water partition coefficient (Wildman–Crippen LogP) is 3.54. The first kappa shape index (κ1) is 14.0. The molecule has 1 aromatic heterocycles. The highest BCUT2D eigenvalue weighted by Gasteiger charge is 2.31. The normalized spacial score (nSPS) is 13.5. The van der Waals surface area contributed by atoms with E-state index in [4.69, 9.17) is 5.73 Å². The molecule has 0 fully saturated rings. The van der Waals surface area contributed by atoms with Crippen molar-refractivity contribution in [3.8, 4) is 0 Å². The van der Waals surface area contributed by atoms with Gasteiger partial charge in [-0.1, -0.05) is 0 Å². The highest BCUT2D eigenvalue weighted by atomic mass is 32.1. The van der Waals surface area contributed by atoms with Gasteiger partial charge in [-0.2, -0.15) is 13.2 Å². The van der Waals surface area contributed by atoms with Crippen molar-refractivity contribution in [3.63, 3.8) is 0 Å². The van der Waals surface area contributed by atoms with Gasteiger partial charge in [-0.15, -0.1) is 11.3 Å². The van der Waals surface area contributed by atoms with Crippen molar-refractivity contribution in [1.29, 1.82) is 0 Å². The van der Waals surface area contributed by atoms with Crippen LogP contribution in [-0.4, -0.2) is 4.98 Å². The molecule has 0 saturated heterocycles. The van der Waals surface area contributed by atoms with Crippen LogP contribution in [0.1, 0.15) is 22.0 Å². The molecule has 19 heavy (non-hydrogen) atoms. The number of alkyl halides is 3. The Bertz CT molecular complexity index is 551. The summed E-state index contributed by atoms with van der Waals surface area (Å²) < 4.78 is 51.3. The van der Waals surface area contributed by atoms with Crippen molar-refractivity contribution >= 4 is 11.3 Å². The third kappa shape index (κ3) is 3.30. The molecule has 0 saturated carbocycles. The molecule has 0 bridgehead atoms. The summed E-state index contributed by atoms with van der Waals surface area (Å²) in [5, 5.41) is 0. The van der Waals surface area contributed by atoms with Crippen LogP contribution in [0.15, 0.2) is 29.9 Å². The van der Waals surface area contributed by atoms with Crippen LogP contribution in [0, 0.1) is 5.82 Å². The molecule has 102 valence electrons. The Morgan fingerprint density at radius 3 is 2.63 bits per heavy atom. The second-order valence-corrected chi connectivity index (χ2v) is 4.98. The van der Waals surface area contributed by atoms with Crippen LogP contribution in [0.3, 0.4) is 0 Å². The van der Waals surface area contributed by atoms with Gasteiger partial charge in [0.15, 0.2) is 0 Å². The monoisotopic (exact) mass is 290 g/mol. The topological polar surface area (TPSA) is 38.9 Å². The van der Waals surface area contributed by atoms with Gasteiger partial charge >= 0.3 is 6.18 Å². The second kappa shape index (κ2) is 5.26. The van der Waals surface area contributed by atoms with Crippen LogP contribution in [-0.2, 0) is 12.6 Å². The fraction of sp³-hybridized carbons (Fsp3) is 0.250. The van der Waals surface area contributed by atoms with E-state index in [2.05, 4.69) is 4.98 Å². The first-order valence-electron chi connectivity index (χ1n) is 5.37. The molecular weight excluding hydrogens is 280 g/mol. The number of aromatic nitrogens is 1. The van der Waals surface area contributed by atoms with E-state index >= 15 is 0 Å². The van der Waals surface area contributed by atoms with Crippen molar-refractivity contribution in [2.75, 3.05) is 0 Å². The summed E-state index contributed by atoms with van der Waals surface area (Å²) in [6.45, 7) is 0.